The van der Waals surface area contributed by atoms with Crippen LogP contribution in [0, 0.1) is 0 Å². The Morgan fingerprint density at radius 1 is 1.00 bits per heavy atom. The van der Waals surface area contributed by atoms with E-state index in [2.05, 4.69) is 5.32 Å². The third-order valence-corrected chi connectivity index (χ3v) is 6.93. The molecule has 0 fully saturated rings. The van der Waals surface area contributed by atoms with E-state index in [0.29, 0.717) is 12.4 Å². The number of esters is 1. The van der Waals surface area contributed by atoms with Gasteiger partial charge in [0.2, 0.25) is 15.9 Å². The van der Waals surface area contributed by atoms with Crippen LogP contribution in [0.2, 0.25) is 5.02 Å². The fourth-order valence-electron chi connectivity index (χ4n) is 3.04. The van der Waals surface area contributed by atoms with Crippen LogP contribution >= 0.6 is 11.6 Å². The van der Waals surface area contributed by atoms with Crippen molar-refractivity contribution in [1.29, 1.82) is 0 Å². The highest BCUT2D eigenvalue weighted by molar-refractivity contribution is 7.89. The third kappa shape index (κ3) is 6.10. The molecule has 12 heteroatoms. The van der Waals surface area contributed by atoms with Gasteiger partial charge in [0.05, 0.1) is 55.6 Å². The van der Waals surface area contributed by atoms with Crippen molar-refractivity contribution in [2.24, 2.45) is 0 Å². The van der Waals surface area contributed by atoms with Gasteiger partial charge in [0, 0.05) is 18.7 Å². The molecule has 0 spiro atoms. The minimum Gasteiger partial charge on any atom is -0.493 e. The number of benzene rings is 2. The summed E-state index contributed by atoms with van der Waals surface area (Å²) in [4.78, 5) is 24.9. The van der Waals surface area contributed by atoms with Gasteiger partial charge in [0.25, 0.3) is 0 Å². The molecule has 0 aliphatic heterocycles. The number of hydrogen-bond donors (Lipinski definition) is 1. The van der Waals surface area contributed by atoms with E-state index < -0.39 is 28.4 Å². The second-order valence-electron chi connectivity index (χ2n) is 6.75. The van der Waals surface area contributed by atoms with Crippen LogP contribution in [-0.2, 0) is 19.6 Å². The van der Waals surface area contributed by atoms with Crippen molar-refractivity contribution in [2.45, 2.75) is 18.7 Å². The number of rotatable bonds is 11. The van der Waals surface area contributed by atoms with Gasteiger partial charge in [-0.2, -0.15) is 4.31 Å². The summed E-state index contributed by atoms with van der Waals surface area (Å²) in [6, 6.07) is 6.83. The van der Waals surface area contributed by atoms with Crippen LogP contribution in [0.25, 0.3) is 0 Å². The maximum atomic E-state index is 13.1. The molecule has 2 rings (SSSR count). The Kier molecular flexibility index (Phi) is 9.54. The molecule has 2 aromatic rings. The number of carbonyl (C=O) groups is 2. The summed E-state index contributed by atoms with van der Waals surface area (Å²) in [6.45, 7) is 3.24. The van der Waals surface area contributed by atoms with Gasteiger partial charge in [0.15, 0.2) is 11.5 Å². The van der Waals surface area contributed by atoms with Crippen LogP contribution in [0.3, 0.4) is 0 Å². The van der Waals surface area contributed by atoms with Crippen molar-refractivity contribution in [3.8, 4) is 17.2 Å². The number of nitrogens with one attached hydrogen (secondary N) is 1. The van der Waals surface area contributed by atoms with Crippen LogP contribution < -0.4 is 19.5 Å². The second kappa shape index (κ2) is 11.9. The molecule has 0 heterocycles. The van der Waals surface area contributed by atoms with Gasteiger partial charge in [-0.25, -0.2) is 13.2 Å². The lowest BCUT2D eigenvalue weighted by Gasteiger charge is -2.21. The smallest absolute Gasteiger partial charge is 0.340 e. The Hall–Kier alpha value is -3.02. The van der Waals surface area contributed by atoms with Gasteiger partial charge >= 0.3 is 5.97 Å². The summed E-state index contributed by atoms with van der Waals surface area (Å²) in [5.41, 5.74) is 0.0877. The molecular weight excluding hydrogens is 488 g/mol. The van der Waals surface area contributed by atoms with E-state index in [1.807, 2.05) is 0 Å². The first-order valence-corrected chi connectivity index (χ1v) is 12.0. The Morgan fingerprint density at radius 2 is 1.65 bits per heavy atom. The van der Waals surface area contributed by atoms with Crippen molar-refractivity contribution >= 4 is 39.2 Å². The Labute approximate surface area is 203 Å². The zero-order valence-corrected chi connectivity index (χ0v) is 21.1. The third-order valence-electron chi connectivity index (χ3n) is 4.72. The summed E-state index contributed by atoms with van der Waals surface area (Å²) in [7, 11) is -0.0641. The molecule has 0 saturated heterocycles. The normalized spacial score (nSPS) is 11.1. The van der Waals surface area contributed by atoms with Gasteiger partial charge in [-0.1, -0.05) is 18.5 Å². The average Bonchev–Trinajstić information content (AvgIpc) is 2.82. The number of ether oxygens (including phenoxy) is 4. The quantitative estimate of drug-likeness (QED) is 0.454. The first-order chi connectivity index (χ1) is 16.1. The molecule has 0 aliphatic rings. The maximum Gasteiger partial charge on any atom is 0.340 e. The van der Waals surface area contributed by atoms with E-state index >= 15 is 0 Å². The van der Waals surface area contributed by atoms with E-state index in [9.17, 15) is 18.0 Å². The Balaban J connectivity index is 2.32. The summed E-state index contributed by atoms with van der Waals surface area (Å²) in [5, 5.41) is 2.69. The van der Waals surface area contributed by atoms with Crippen molar-refractivity contribution < 1.29 is 37.0 Å². The average molecular weight is 515 g/mol. The highest BCUT2D eigenvalue weighted by atomic mass is 35.5. The zero-order valence-electron chi connectivity index (χ0n) is 19.5. The van der Waals surface area contributed by atoms with Crippen LogP contribution in [-0.4, -0.2) is 65.6 Å². The van der Waals surface area contributed by atoms with E-state index in [1.54, 1.807) is 13.8 Å². The summed E-state index contributed by atoms with van der Waals surface area (Å²) < 4.78 is 47.7. The molecule has 1 N–H and O–H groups in total. The highest BCUT2D eigenvalue weighted by Gasteiger charge is 2.27. The zero-order chi connectivity index (χ0) is 25.5. The number of sulfonamides is 1. The monoisotopic (exact) mass is 514 g/mol. The standard InChI is InChI=1S/C22H27ClN2O8S/c1-6-25(34(28,29)14-8-9-18(33-7-2)16(23)10-14)13-21(26)24-17-12-20(31-4)19(30-3)11-15(17)22(27)32-5/h8-12H,6-7,13H2,1-5H3,(H,24,26). The number of hydrogen-bond acceptors (Lipinski definition) is 8. The van der Waals surface area contributed by atoms with Gasteiger partial charge in [-0.05, 0) is 25.1 Å². The summed E-state index contributed by atoms with van der Waals surface area (Å²) in [5.74, 6) is -0.534. The molecule has 0 bridgehead atoms. The van der Waals surface area contributed by atoms with E-state index in [4.69, 9.17) is 30.5 Å². The molecule has 0 aliphatic carbocycles. The molecule has 2 aromatic carbocycles. The van der Waals surface area contributed by atoms with Gasteiger partial charge in [-0.3, -0.25) is 4.79 Å². The minimum absolute atomic E-state index is 0.0103. The fraction of sp³-hybridized carbons (Fsp3) is 0.364. The molecule has 186 valence electrons. The predicted molar refractivity (Wildman–Crippen MR) is 127 cm³/mol. The SMILES string of the molecule is CCOc1ccc(S(=O)(=O)N(CC)CC(=O)Nc2cc(OC)c(OC)cc2C(=O)OC)cc1Cl. The lowest BCUT2D eigenvalue weighted by molar-refractivity contribution is -0.116. The number of likely N-dealkylation sites (N-methyl/N-ethyl adjacent to an activating group) is 1. The summed E-state index contributed by atoms with van der Waals surface area (Å²) >= 11 is 6.14. The number of amides is 1. The largest absolute Gasteiger partial charge is 0.493 e. The molecule has 0 radical (unpaired) electrons. The minimum atomic E-state index is -4.05. The van der Waals surface area contributed by atoms with E-state index in [0.717, 1.165) is 4.31 Å². The molecule has 0 aromatic heterocycles. The molecular formula is C22H27ClN2O8S. The second-order valence-corrected chi connectivity index (χ2v) is 9.09. The first-order valence-electron chi connectivity index (χ1n) is 10.2. The van der Waals surface area contributed by atoms with Crippen LogP contribution in [0.4, 0.5) is 5.69 Å². The maximum absolute atomic E-state index is 13.1. The van der Waals surface area contributed by atoms with Gasteiger partial charge < -0.3 is 24.3 Å². The fourth-order valence-corrected chi connectivity index (χ4v) is 4.77. The molecule has 34 heavy (non-hydrogen) atoms. The predicted octanol–water partition coefficient (Wildman–Crippen LogP) is 3.19. The number of carbonyl (C=O) groups excluding carboxylic acids is 2. The van der Waals surface area contributed by atoms with Crippen molar-refractivity contribution in [3.63, 3.8) is 0 Å². The van der Waals surface area contributed by atoms with E-state index in [1.165, 1.54) is 51.7 Å². The van der Waals surface area contributed by atoms with Gasteiger partial charge in [-0.15, -0.1) is 0 Å². The van der Waals surface area contributed by atoms with E-state index in [-0.39, 0.29) is 39.2 Å². The number of halogens is 1. The lowest BCUT2D eigenvalue weighted by Crippen LogP contribution is -2.38. The topological polar surface area (TPSA) is 120 Å². The highest BCUT2D eigenvalue weighted by Crippen LogP contribution is 2.34. The molecule has 1 amide bonds. The van der Waals surface area contributed by atoms with Crippen LogP contribution in [0.1, 0.15) is 24.2 Å². The number of nitrogens with zero attached hydrogens (tertiary/aromatic N) is 1. The van der Waals surface area contributed by atoms with Crippen LogP contribution in [0.15, 0.2) is 35.2 Å². The number of anilines is 1. The Morgan fingerprint density at radius 3 is 2.18 bits per heavy atom. The molecule has 0 atom stereocenters. The van der Waals surface area contributed by atoms with Crippen molar-refractivity contribution in [1.82, 2.24) is 4.31 Å². The number of methoxy groups -OCH3 is 3. The Bertz CT molecular complexity index is 1150. The molecule has 0 saturated carbocycles. The lowest BCUT2D eigenvalue weighted by atomic mass is 10.1. The van der Waals surface area contributed by atoms with Crippen molar-refractivity contribution in [3.05, 3.63) is 40.9 Å². The molecule has 10 nitrogen and oxygen atoms in total. The first kappa shape index (κ1) is 27.2. The molecule has 0 unspecified atom stereocenters. The van der Waals surface area contributed by atoms with Crippen molar-refractivity contribution in [2.75, 3.05) is 46.3 Å². The summed E-state index contributed by atoms with van der Waals surface area (Å²) in [6.07, 6.45) is 0. The van der Waals surface area contributed by atoms with Gasteiger partial charge in [0.1, 0.15) is 5.75 Å². The van der Waals surface area contributed by atoms with Crippen LogP contribution in [0.5, 0.6) is 17.2 Å².